The van der Waals surface area contributed by atoms with Crippen molar-refractivity contribution >= 4 is 22.4 Å². The number of carbonyl (C=O) groups is 1. The lowest BCUT2D eigenvalue weighted by atomic mass is 9.96. The summed E-state index contributed by atoms with van der Waals surface area (Å²) in [5.41, 5.74) is 7.12. The molecule has 1 amide bonds. The molecule has 180 valence electrons. The summed E-state index contributed by atoms with van der Waals surface area (Å²) in [5.74, 6) is 0.612. The van der Waals surface area contributed by atoms with E-state index in [2.05, 4.69) is 48.3 Å². The van der Waals surface area contributed by atoms with Crippen LogP contribution in [0.1, 0.15) is 30.5 Å². The van der Waals surface area contributed by atoms with Crippen LogP contribution in [0.4, 0.5) is 0 Å². The molecule has 1 N–H and O–H groups in total. The number of fused-ring (bicyclic) bond motifs is 1. The van der Waals surface area contributed by atoms with Crippen molar-refractivity contribution < 1.29 is 18.7 Å². The third-order valence-corrected chi connectivity index (χ3v) is 6.25. The van der Waals surface area contributed by atoms with Crippen LogP contribution in [0.2, 0.25) is 0 Å². The van der Waals surface area contributed by atoms with E-state index in [1.165, 1.54) is 11.1 Å². The fourth-order valence-electron chi connectivity index (χ4n) is 4.45. The SMILES string of the molecule is CCOc1cc2occ(-c3ccc(C)cc3C)c2cc1/C(C)=C/C(=O)NCCN1CCOCC1. The van der Waals surface area contributed by atoms with E-state index in [4.69, 9.17) is 13.9 Å². The average Bonchev–Trinajstić information content (AvgIpc) is 3.22. The minimum atomic E-state index is -0.102. The molecule has 1 fully saturated rings. The van der Waals surface area contributed by atoms with Gasteiger partial charge in [0.1, 0.15) is 11.3 Å². The van der Waals surface area contributed by atoms with E-state index in [-0.39, 0.29) is 5.91 Å². The lowest BCUT2D eigenvalue weighted by molar-refractivity contribution is -0.116. The summed E-state index contributed by atoms with van der Waals surface area (Å²) in [4.78, 5) is 14.9. The lowest BCUT2D eigenvalue weighted by Gasteiger charge is -2.26. The second-order valence-electron chi connectivity index (χ2n) is 8.82. The highest BCUT2D eigenvalue weighted by Gasteiger charge is 2.16. The number of nitrogens with zero attached hydrogens (tertiary/aromatic N) is 1. The number of hydrogen-bond donors (Lipinski definition) is 1. The molecule has 0 spiro atoms. The fraction of sp³-hybridized carbons (Fsp3) is 0.393. The van der Waals surface area contributed by atoms with Gasteiger partial charge >= 0.3 is 0 Å². The van der Waals surface area contributed by atoms with Gasteiger partial charge in [-0.05, 0) is 50.5 Å². The van der Waals surface area contributed by atoms with Crippen molar-refractivity contribution in [2.24, 2.45) is 0 Å². The topological polar surface area (TPSA) is 63.9 Å². The fourth-order valence-corrected chi connectivity index (χ4v) is 4.45. The van der Waals surface area contributed by atoms with E-state index < -0.39 is 0 Å². The summed E-state index contributed by atoms with van der Waals surface area (Å²) in [6, 6.07) is 10.4. The van der Waals surface area contributed by atoms with Crippen LogP contribution in [0.3, 0.4) is 0 Å². The van der Waals surface area contributed by atoms with Crippen molar-refractivity contribution in [2.75, 3.05) is 46.0 Å². The maximum atomic E-state index is 12.6. The first-order valence-corrected chi connectivity index (χ1v) is 12.0. The zero-order chi connectivity index (χ0) is 24.1. The zero-order valence-corrected chi connectivity index (χ0v) is 20.6. The minimum absolute atomic E-state index is 0.102. The van der Waals surface area contributed by atoms with Gasteiger partial charge in [-0.15, -0.1) is 0 Å². The van der Waals surface area contributed by atoms with Gasteiger partial charge in [0.2, 0.25) is 5.91 Å². The molecule has 1 aliphatic rings. The highest BCUT2D eigenvalue weighted by Crippen LogP contribution is 2.38. The molecule has 0 aliphatic carbocycles. The molecule has 6 nitrogen and oxygen atoms in total. The molecular formula is C28H34N2O4. The van der Waals surface area contributed by atoms with E-state index in [0.29, 0.717) is 18.9 Å². The number of morpholine rings is 1. The van der Waals surface area contributed by atoms with Gasteiger partial charge in [-0.2, -0.15) is 0 Å². The summed E-state index contributed by atoms with van der Waals surface area (Å²) < 4.78 is 17.2. The molecule has 34 heavy (non-hydrogen) atoms. The van der Waals surface area contributed by atoms with E-state index in [0.717, 1.165) is 66.1 Å². The maximum Gasteiger partial charge on any atom is 0.244 e. The van der Waals surface area contributed by atoms with Gasteiger partial charge in [0, 0.05) is 54.8 Å². The molecule has 0 unspecified atom stereocenters. The van der Waals surface area contributed by atoms with Crippen LogP contribution in [0.15, 0.2) is 47.1 Å². The van der Waals surface area contributed by atoms with E-state index >= 15 is 0 Å². The van der Waals surface area contributed by atoms with Gasteiger partial charge in [-0.25, -0.2) is 0 Å². The third-order valence-electron chi connectivity index (χ3n) is 6.25. The van der Waals surface area contributed by atoms with Crippen molar-refractivity contribution in [3.63, 3.8) is 0 Å². The average molecular weight is 463 g/mol. The van der Waals surface area contributed by atoms with Gasteiger partial charge in [0.05, 0.1) is 26.1 Å². The highest BCUT2D eigenvalue weighted by atomic mass is 16.5. The van der Waals surface area contributed by atoms with Gasteiger partial charge in [0.25, 0.3) is 0 Å². The summed E-state index contributed by atoms with van der Waals surface area (Å²) in [6.45, 7) is 13.4. The zero-order valence-electron chi connectivity index (χ0n) is 20.6. The summed E-state index contributed by atoms with van der Waals surface area (Å²) in [6.07, 6.45) is 3.46. The molecule has 1 aliphatic heterocycles. The Morgan fingerprint density at radius 2 is 1.94 bits per heavy atom. The monoisotopic (exact) mass is 462 g/mol. The number of benzene rings is 2. The number of furan rings is 1. The Morgan fingerprint density at radius 3 is 2.68 bits per heavy atom. The number of rotatable bonds is 8. The smallest absolute Gasteiger partial charge is 0.244 e. The number of allylic oxidation sites excluding steroid dienone is 1. The van der Waals surface area contributed by atoms with Gasteiger partial charge < -0.3 is 19.2 Å². The van der Waals surface area contributed by atoms with Crippen molar-refractivity contribution in [3.8, 4) is 16.9 Å². The van der Waals surface area contributed by atoms with Crippen LogP contribution in [-0.2, 0) is 9.53 Å². The van der Waals surface area contributed by atoms with Gasteiger partial charge in [-0.1, -0.05) is 23.8 Å². The maximum absolute atomic E-state index is 12.6. The summed E-state index contributed by atoms with van der Waals surface area (Å²) in [7, 11) is 0. The predicted molar refractivity (Wildman–Crippen MR) is 136 cm³/mol. The standard InChI is InChI=1S/C28H34N2O4/c1-5-33-26-17-27-24(25(18-34-27)22-7-6-19(2)14-20(22)3)16-23(26)21(4)15-28(31)29-8-9-30-10-12-32-13-11-30/h6-7,14-18H,5,8-13H2,1-4H3,(H,29,31)/b21-15+. The second-order valence-corrected chi connectivity index (χ2v) is 8.82. The van der Waals surface area contributed by atoms with Crippen LogP contribution < -0.4 is 10.1 Å². The molecule has 1 aromatic heterocycles. The van der Waals surface area contributed by atoms with Crippen molar-refractivity contribution in [1.82, 2.24) is 10.2 Å². The summed E-state index contributed by atoms with van der Waals surface area (Å²) >= 11 is 0. The van der Waals surface area contributed by atoms with Crippen LogP contribution in [0.25, 0.3) is 27.7 Å². The minimum Gasteiger partial charge on any atom is -0.493 e. The molecule has 0 bridgehead atoms. The quantitative estimate of drug-likeness (QED) is 0.479. The van der Waals surface area contributed by atoms with Crippen LogP contribution >= 0.6 is 0 Å². The van der Waals surface area contributed by atoms with Crippen LogP contribution in [0, 0.1) is 13.8 Å². The highest BCUT2D eigenvalue weighted by molar-refractivity contribution is 6.00. The Hall–Kier alpha value is -3.09. The van der Waals surface area contributed by atoms with E-state index in [9.17, 15) is 4.79 Å². The molecule has 6 heteroatoms. The number of nitrogens with one attached hydrogen (secondary N) is 1. The van der Waals surface area contributed by atoms with Crippen LogP contribution in [-0.4, -0.2) is 56.8 Å². The predicted octanol–water partition coefficient (Wildman–Crippen LogP) is 4.97. The molecule has 0 saturated carbocycles. The first-order valence-electron chi connectivity index (χ1n) is 12.0. The Bertz CT molecular complexity index is 1190. The van der Waals surface area contributed by atoms with Crippen molar-refractivity contribution in [3.05, 3.63) is 59.4 Å². The van der Waals surface area contributed by atoms with Gasteiger partial charge in [0.15, 0.2) is 0 Å². The Labute approximate surface area is 201 Å². The normalized spacial score (nSPS) is 15.0. The largest absolute Gasteiger partial charge is 0.493 e. The Kier molecular flexibility index (Phi) is 7.70. The Morgan fingerprint density at radius 1 is 1.15 bits per heavy atom. The van der Waals surface area contributed by atoms with Crippen LogP contribution in [0.5, 0.6) is 5.75 Å². The van der Waals surface area contributed by atoms with E-state index in [1.54, 1.807) is 12.3 Å². The molecule has 0 radical (unpaired) electrons. The first-order chi connectivity index (χ1) is 16.5. The molecular weight excluding hydrogens is 428 g/mol. The molecule has 2 heterocycles. The van der Waals surface area contributed by atoms with Crippen molar-refractivity contribution in [1.29, 1.82) is 0 Å². The first kappa shape index (κ1) is 24.0. The number of hydrogen-bond acceptors (Lipinski definition) is 5. The number of aryl methyl sites for hydroxylation is 2. The summed E-state index contributed by atoms with van der Waals surface area (Å²) in [5, 5.41) is 4.01. The number of amides is 1. The lowest BCUT2D eigenvalue weighted by Crippen LogP contribution is -2.41. The molecule has 3 aromatic rings. The Balaban J connectivity index is 1.59. The molecule has 1 saturated heterocycles. The van der Waals surface area contributed by atoms with Crippen molar-refractivity contribution in [2.45, 2.75) is 27.7 Å². The van der Waals surface area contributed by atoms with E-state index in [1.807, 2.05) is 19.9 Å². The number of carbonyl (C=O) groups excluding carboxylic acids is 1. The number of ether oxygens (including phenoxy) is 2. The molecule has 2 aromatic carbocycles. The molecule has 4 rings (SSSR count). The van der Waals surface area contributed by atoms with Gasteiger partial charge in [-0.3, -0.25) is 9.69 Å². The third kappa shape index (κ3) is 5.51. The molecule has 0 atom stereocenters. The second kappa shape index (κ2) is 10.9.